The molecule has 1 heterocycles. The highest BCUT2D eigenvalue weighted by molar-refractivity contribution is 5.80. The summed E-state index contributed by atoms with van der Waals surface area (Å²) in [6.07, 6.45) is 2.31. The van der Waals surface area contributed by atoms with Gasteiger partial charge in [0.1, 0.15) is 17.5 Å². The topological polar surface area (TPSA) is 78.9 Å². The number of hydrogen-bond acceptors (Lipinski definition) is 5. The third-order valence-electron chi connectivity index (χ3n) is 3.15. The molecule has 1 aliphatic rings. The first-order valence-corrected chi connectivity index (χ1v) is 6.72. The zero-order valence-electron chi connectivity index (χ0n) is 11.7. The van der Waals surface area contributed by atoms with Gasteiger partial charge >= 0.3 is 0 Å². The van der Waals surface area contributed by atoms with Gasteiger partial charge in [0.25, 0.3) is 0 Å². The first-order chi connectivity index (χ1) is 9.15. The number of carbonyl (C=O) groups is 1. The molecule has 1 aromatic heterocycles. The predicted molar refractivity (Wildman–Crippen MR) is 75.5 cm³/mol. The number of anilines is 2. The minimum atomic E-state index is -0.0593. The van der Waals surface area contributed by atoms with Crippen molar-refractivity contribution in [3.8, 4) is 0 Å². The van der Waals surface area contributed by atoms with Crippen molar-refractivity contribution in [3.05, 3.63) is 11.4 Å². The van der Waals surface area contributed by atoms with E-state index in [1.165, 1.54) is 0 Å². The Bertz CT molecular complexity index is 470. The van der Waals surface area contributed by atoms with Gasteiger partial charge in [-0.15, -0.1) is 0 Å². The van der Waals surface area contributed by atoms with Crippen molar-refractivity contribution in [1.82, 2.24) is 15.3 Å². The molecule has 104 valence electrons. The fraction of sp³-hybridized carbons (Fsp3) is 0.615. The van der Waals surface area contributed by atoms with Gasteiger partial charge in [0.05, 0.1) is 6.54 Å². The lowest BCUT2D eigenvalue weighted by Crippen LogP contribution is -2.27. The van der Waals surface area contributed by atoms with Crippen molar-refractivity contribution in [2.24, 2.45) is 0 Å². The third-order valence-corrected chi connectivity index (χ3v) is 3.15. The van der Waals surface area contributed by atoms with Crippen LogP contribution in [0.15, 0.2) is 0 Å². The van der Waals surface area contributed by atoms with Gasteiger partial charge in [-0.2, -0.15) is 0 Å². The molecule has 6 heteroatoms. The van der Waals surface area contributed by atoms with Crippen LogP contribution in [0, 0.1) is 6.92 Å². The molecule has 0 saturated heterocycles. The lowest BCUT2D eigenvalue weighted by atomic mass is 10.2. The van der Waals surface area contributed by atoms with Gasteiger partial charge in [0.2, 0.25) is 5.91 Å². The molecular weight excluding hydrogens is 242 g/mol. The zero-order valence-corrected chi connectivity index (χ0v) is 11.7. The maximum atomic E-state index is 11.3. The van der Waals surface area contributed by atoms with Crippen LogP contribution < -0.4 is 16.0 Å². The van der Waals surface area contributed by atoms with Crippen molar-refractivity contribution in [2.45, 2.75) is 32.6 Å². The van der Waals surface area contributed by atoms with Crippen LogP contribution >= 0.6 is 0 Å². The zero-order chi connectivity index (χ0) is 13.8. The maximum absolute atomic E-state index is 11.3. The molecular formula is C13H21N5O. The maximum Gasteiger partial charge on any atom is 0.239 e. The summed E-state index contributed by atoms with van der Waals surface area (Å²) in [5.41, 5.74) is 0.954. The summed E-state index contributed by atoms with van der Waals surface area (Å²) in [6.45, 7) is 5.04. The van der Waals surface area contributed by atoms with Crippen molar-refractivity contribution < 1.29 is 4.79 Å². The quantitative estimate of drug-likeness (QED) is 0.720. The van der Waals surface area contributed by atoms with Crippen molar-refractivity contribution >= 4 is 17.5 Å². The summed E-state index contributed by atoms with van der Waals surface area (Å²) in [7, 11) is 1.62. The van der Waals surface area contributed by atoms with E-state index in [4.69, 9.17) is 0 Å². The Labute approximate surface area is 113 Å². The Balaban J connectivity index is 2.21. The van der Waals surface area contributed by atoms with E-state index in [1.54, 1.807) is 7.05 Å². The highest BCUT2D eigenvalue weighted by atomic mass is 16.1. The predicted octanol–water partition coefficient (Wildman–Crippen LogP) is 1.25. The van der Waals surface area contributed by atoms with Crippen LogP contribution in [0.3, 0.4) is 0 Å². The standard InChI is InChI=1S/C13H21N5O/c1-4-15-11-8(2)12(16-7-10(19)14-3)18-13(17-11)9-5-6-9/h9H,4-7H2,1-3H3,(H,14,19)(H2,15,16,17,18). The highest BCUT2D eigenvalue weighted by Gasteiger charge is 2.28. The summed E-state index contributed by atoms with van der Waals surface area (Å²) >= 11 is 0. The Morgan fingerprint density at radius 2 is 1.89 bits per heavy atom. The summed E-state index contributed by atoms with van der Waals surface area (Å²) in [5.74, 6) is 2.91. The number of amides is 1. The second-order valence-electron chi connectivity index (χ2n) is 4.74. The molecule has 0 bridgehead atoms. The van der Waals surface area contributed by atoms with E-state index in [-0.39, 0.29) is 12.5 Å². The highest BCUT2D eigenvalue weighted by Crippen LogP contribution is 2.39. The summed E-state index contributed by atoms with van der Waals surface area (Å²) in [4.78, 5) is 20.4. The molecule has 3 N–H and O–H groups in total. The number of rotatable bonds is 6. The van der Waals surface area contributed by atoms with Crippen LogP contribution in [0.25, 0.3) is 0 Å². The van der Waals surface area contributed by atoms with Crippen LogP contribution in [0.5, 0.6) is 0 Å². The monoisotopic (exact) mass is 263 g/mol. The molecule has 6 nitrogen and oxygen atoms in total. The lowest BCUT2D eigenvalue weighted by molar-refractivity contribution is -0.118. The van der Waals surface area contributed by atoms with E-state index in [1.807, 2.05) is 13.8 Å². The molecule has 1 aliphatic carbocycles. The lowest BCUT2D eigenvalue weighted by Gasteiger charge is -2.14. The summed E-state index contributed by atoms with van der Waals surface area (Å²) in [5, 5.41) is 8.92. The fourth-order valence-electron chi connectivity index (χ4n) is 1.82. The molecule has 0 aromatic carbocycles. The number of nitrogens with one attached hydrogen (secondary N) is 3. The van der Waals surface area contributed by atoms with Crippen molar-refractivity contribution in [3.63, 3.8) is 0 Å². The minimum Gasteiger partial charge on any atom is -0.370 e. The van der Waals surface area contributed by atoms with E-state index < -0.39 is 0 Å². The first-order valence-electron chi connectivity index (χ1n) is 6.72. The van der Waals surface area contributed by atoms with Gasteiger partial charge in [0.15, 0.2) is 0 Å². The second-order valence-corrected chi connectivity index (χ2v) is 4.74. The smallest absolute Gasteiger partial charge is 0.239 e. The largest absolute Gasteiger partial charge is 0.370 e. The first kappa shape index (κ1) is 13.6. The Morgan fingerprint density at radius 3 is 2.42 bits per heavy atom. The molecule has 0 aliphatic heterocycles. The molecule has 1 saturated carbocycles. The average molecular weight is 263 g/mol. The molecule has 2 rings (SSSR count). The van der Waals surface area contributed by atoms with Gasteiger partial charge in [-0.3, -0.25) is 4.79 Å². The Morgan fingerprint density at radius 1 is 1.26 bits per heavy atom. The number of nitrogens with zero attached hydrogens (tertiary/aromatic N) is 2. The van der Waals surface area contributed by atoms with E-state index in [0.29, 0.717) is 5.92 Å². The van der Waals surface area contributed by atoms with Crippen molar-refractivity contribution in [1.29, 1.82) is 0 Å². The van der Waals surface area contributed by atoms with Gasteiger partial charge in [-0.1, -0.05) is 0 Å². The second kappa shape index (κ2) is 5.86. The van der Waals surface area contributed by atoms with E-state index in [9.17, 15) is 4.79 Å². The molecule has 1 fully saturated rings. The van der Waals surface area contributed by atoms with Gasteiger partial charge in [-0.05, 0) is 26.7 Å². The van der Waals surface area contributed by atoms with Gasteiger partial charge in [0, 0.05) is 25.1 Å². The molecule has 19 heavy (non-hydrogen) atoms. The van der Waals surface area contributed by atoms with Crippen LogP contribution in [0.1, 0.15) is 37.1 Å². The van der Waals surface area contributed by atoms with E-state index >= 15 is 0 Å². The number of carbonyl (C=O) groups excluding carboxylic acids is 1. The van der Waals surface area contributed by atoms with Gasteiger partial charge < -0.3 is 16.0 Å². The van der Waals surface area contributed by atoms with Gasteiger partial charge in [-0.25, -0.2) is 9.97 Å². The molecule has 0 unspecified atom stereocenters. The Kier molecular flexibility index (Phi) is 4.19. The van der Waals surface area contributed by atoms with Crippen LogP contribution in [0.2, 0.25) is 0 Å². The Hall–Kier alpha value is -1.85. The van der Waals surface area contributed by atoms with Crippen LogP contribution in [-0.4, -0.2) is 36.0 Å². The minimum absolute atomic E-state index is 0.0593. The number of aromatic nitrogens is 2. The number of likely N-dealkylation sites (N-methyl/N-ethyl adjacent to an activating group) is 1. The summed E-state index contributed by atoms with van der Waals surface area (Å²) < 4.78 is 0. The molecule has 0 spiro atoms. The molecule has 0 radical (unpaired) electrons. The van der Waals surface area contributed by atoms with Crippen LogP contribution in [-0.2, 0) is 4.79 Å². The fourth-order valence-corrected chi connectivity index (χ4v) is 1.82. The average Bonchev–Trinajstić information content (AvgIpc) is 3.23. The molecule has 1 amide bonds. The van der Waals surface area contributed by atoms with E-state index in [0.717, 1.165) is 42.4 Å². The van der Waals surface area contributed by atoms with E-state index in [2.05, 4.69) is 25.9 Å². The summed E-state index contributed by atoms with van der Waals surface area (Å²) in [6, 6.07) is 0. The van der Waals surface area contributed by atoms with Crippen LogP contribution in [0.4, 0.5) is 11.6 Å². The molecule has 1 aromatic rings. The normalized spacial score (nSPS) is 14.1. The third kappa shape index (κ3) is 3.33. The molecule has 0 atom stereocenters. The van der Waals surface area contributed by atoms with Crippen molar-refractivity contribution in [2.75, 3.05) is 30.8 Å². The SMILES string of the molecule is CCNc1nc(C2CC2)nc(NCC(=O)NC)c1C. The number of hydrogen-bond donors (Lipinski definition) is 3.